The van der Waals surface area contributed by atoms with Crippen molar-refractivity contribution in [2.45, 2.75) is 45.3 Å². The topological polar surface area (TPSA) is 84.8 Å². The summed E-state index contributed by atoms with van der Waals surface area (Å²) in [4.78, 5) is 17.7. The first kappa shape index (κ1) is 29.0. The Morgan fingerprint density at radius 1 is 0.806 bits per heavy atom. The van der Waals surface area contributed by atoms with Crippen LogP contribution in [0.3, 0.4) is 0 Å². The number of Topliss-reactive ketones (excluding diaryl/α,β-unsaturated/α-hetero) is 1. The monoisotopic (exact) mass is 517 g/mol. The van der Waals surface area contributed by atoms with Gasteiger partial charge in [0.1, 0.15) is 6.54 Å². The van der Waals surface area contributed by atoms with Gasteiger partial charge in [0.05, 0.1) is 35.5 Å². The van der Waals surface area contributed by atoms with E-state index < -0.39 is 8.32 Å². The number of nitrogens with zero attached hydrogens (tertiary/aromatic N) is 1. The molecule has 0 unspecified atom stereocenters. The highest BCUT2D eigenvalue weighted by Crippen LogP contribution is 2.40. The van der Waals surface area contributed by atoms with E-state index in [1.165, 1.54) is 7.11 Å². The molecule has 0 aromatic heterocycles. The molecular formula is C27H39NO7Si. The highest BCUT2D eigenvalue weighted by molar-refractivity contribution is 6.75. The molecule has 0 fully saturated rings. The van der Waals surface area contributed by atoms with Crippen molar-refractivity contribution in [3.8, 4) is 28.7 Å². The van der Waals surface area contributed by atoms with Crippen molar-refractivity contribution in [3.05, 3.63) is 41.5 Å². The molecule has 0 aliphatic carbocycles. The van der Waals surface area contributed by atoms with Crippen LogP contribution < -0.4 is 23.7 Å². The van der Waals surface area contributed by atoms with Crippen LogP contribution >= 0.6 is 0 Å². The van der Waals surface area contributed by atoms with Gasteiger partial charge in [0, 0.05) is 12.0 Å². The van der Waals surface area contributed by atoms with Gasteiger partial charge < -0.3 is 28.1 Å². The molecule has 0 saturated carbocycles. The second-order valence-corrected chi connectivity index (χ2v) is 14.5. The van der Waals surface area contributed by atoms with Gasteiger partial charge in [-0.3, -0.25) is 4.79 Å². The molecule has 0 heterocycles. The third-order valence-corrected chi connectivity index (χ3v) is 10.7. The molecule has 0 saturated heterocycles. The summed E-state index contributed by atoms with van der Waals surface area (Å²) in [6.07, 6.45) is 0.364. The maximum absolute atomic E-state index is 13.0. The van der Waals surface area contributed by atoms with Gasteiger partial charge in [0.15, 0.2) is 34.7 Å². The van der Waals surface area contributed by atoms with Crippen LogP contribution in [0, 0.1) is 0 Å². The number of hydrogen-bond acceptors (Lipinski definition) is 8. The van der Waals surface area contributed by atoms with Crippen molar-refractivity contribution in [3.63, 3.8) is 0 Å². The molecule has 0 bridgehead atoms. The lowest BCUT2D eigenvalue weighted by molar-refractivity contribution is 0.100. The van der Waals surface area contributed by atoms with Crippen LogP contribution in [0.15, 0.2) is 35.3 Å². The van der Waals surface area contributed by atoms with Gasteiger partial charge in [-0.2, -0.15) is 0 Å². The Labute approximate surface area is 215 Å². The number of benzene rings is 2. The van der Waals surface area contributed by atoms with Gasteiger partial charge >= 0.3 is 0 Å². The Hall–Kier alpha value is -3.20. The van der Waals surface area contributed by atoms with Crippen LogP contribution in [0.5, 0.6) is 28.7 Å². The molecule has 36 heavy (non-hydrogen) atoms. The summed E-state index contributed by atoms with van der Waals surface area (Å²) in [7, 11) is 5.57. The predicted molar refractivity (Wildman–Crippen MR) is 144 cm³/mol. The van der Waals surface area contributed by atoms with E-state index in [0.717, 1.165) is 5.56 Å². The Morgan fingerprint density at radius 2 is 1.36 bits per heavy atom. The first-order valence-corrected chi connectivity index (χ1v) is 14.6. The van der Waals surface area contributed by atoms with E-state index in [2.05, 4.69) is 38.9 Å². The maximum atomic E-state index is 13.0. The average Bonchev–Trinajstić information content (AvgIpc) is 2.84. The van der Waals surface area contributed by atoms with Crippen molar-refractivity contribution in [1.29, 1.82) is 0 Å². The Balaban J connectivity index is 2.43. The SMILES string of the molecule is COc1ccc(C(=O)CN=C(Cc2cc(OC)c(OC)c(OC)c2)O[Si](C)(C)C(C)(C)C)cc1OC. The second kappa shape index (κ2) is 12.2. The zero-order chi connectivity index (χ0) is 27.1. The predicted octanol–water partition coefficient (Wildman–Crippen LogP) is 5.58. The molecular weight excluding hydrogens is 478 g/mol. The van der Waals surface area contributed by atoms with Crippen LogP contribution in [0.4, 0.5) is 0 Å². The van der Waals surface area contributed by atoms with Gasteiger partial charge in [-0.25, -0.2) is 4.99 Å². The van der Waals surface area contributed by atoms with Crippen LogP contribution in [0.1, 0.15) is 36.7 Å². The number of aliphatic imine (C=N–C) groups is 1. The maximum Gasteiger partial charge on any atom is 0.252 e. The van der Waals surface area contributed by atoms with Crippen molar-refractivity contribution in [2.24, 2.45) is 4.99 Å². The summed E-state index contributed by atoms with van der Waals surface area (Å²) >= 11 is 0. The fourth-order valence-electron chi connectivity index (χ4n) is 3.24. The summed E-state index contributed by atoms with van der Waals surface area (Å²) in [5, 5.41) is -0.0452. The quantitative estimate of drug-likeness (QED) is 0.167. The van der Waals surface area contributed by atoms with E-state index in [1.54, 1.807) is 46.6 Å². The van der Waals surface area contributed by atoms with Crippen LogP contribution in [-0.2, 0) is 10.8 Å². The highest BCUT2D eigenvalue weighted by atomic mass is 28.4. The van der Waals surface area contributed by atoms with Gasteiger partial charge in [0.25, 0.3) is 8.32 Å². The molecule has 8 nitrogen and oxygen atoms in total. The zero-order valence-electron chi connectivity index (χ0n) is 23.1. The number of hydrogen-bond donors (Lipinski definition) is 0. The van der Waals surface area contributed by atoms with Crippen LogP contribution in [0.25, 0.3) is 0 Å². The number of methoxy groups -OCH3 is 5. The van der Waals surface area contributed by atoms with Gasteiger partial charge in [-0.05, 0) is 54.0 Å². The number of ether oxygens (including phenoxy) is 5. The minimum absolute atomic E-state index is 0.0452. The van der Waals surface area contributed by atoms with E-state index in [9.17, 15) is 4.79 Å². The summed E-state index contributed by atoms with van der Waals surface area (Å²) in [5.74, 6) is 2.97. The third-order valence-electron chi connectivity index (χ3n) is 6.36. The van der Waals surface area contributed by atoms with E-state index in [4.69, 9.17) is 28.1 Å². The lowest BCUT2D eigenvalue weighted by Crippen LogP contribution is -2.43. The number of rotatable bonds is 11. The van der Waals surface area contributed by atoms with E-state index in [-0.39, 0.29) is 17.4 Å². The Bertz CT molecular complexity index is 1070. The van der Waals surface area contributed by atoms with E-state index >= 15 is 0 Å². The molecule has 0 aliphatic rings. The lowest BCUT2D eigenvalue weighted by atomic mass is 10.1. The smallest absolute Gasteiger partial charge is 0.252 e. The summed E-state index contributed by atoms with van der Waals surface area (Å²) in [6, 6.07) is 8.79. The lowest BCUT2D eigenvalue weighted by Gasteiger charge is -2.36. The third kappa shape index (κ3) is 6.93. The van der Waals surface area contributed by atoms with E-state index in [1.807, 2.05) is 12.1 Å². The molecule has 2 aromatic carbocycles. The molecule has 0 N–H and O–H groups in total. The van der Waals surface area contributed by atoms with Gasteiger partial charge in [0.2, 0.25) is 5.75 Å². The number of ketones is 1. The standard InChI is InChI=1S/C27H39NO7Si/c1-27(2,3)36(9,10)35-25(15-18-13-23(32-6)26(34-8)24(14-18)33-7)28-17-20(29)19-11-12-21(30-4)22(16-19)31-5/h11-14,16H,15,17H2,1-10H3. The molecule has 0 radical (unpaired) electrons. The molecule has 9 heteroatoms. The number of carbonyl (C=O) groups excluding carboxylic acids is 1. The summed E-state index contributed by atoms with van der Waals surface area (Å²) in [5.41, 5.74) is 1.34. The number of carbonyl (C=O) groups is 1. The molecule has 2 aromatic rings. The fraction of sp³-hybridized carbons (Fsp3) is 0.481. The zero-order valence-corrected chi connectivity index (χ0v) is 24.1. The molecule has 0 aliphatic heterocycles. The molecule has 0 spiro atoms. The molecule has 198 valence electrons. The van der Waals surface area contributed by atoms with Crippen LogP contribution in [-0.4, -0.2) is 62.1 Å². The first-order valence-electron chi connectivity index (χ1n) is 11.7. The van der Waals surface area contributed by atoms with Gasteiger partial charge in [-0.15, -0.1) is 0 Å². The average molecular weight is 518 g/mol. The Morgan fingerprint density at radius 3 is 1.83 bits per heavy atom. The van der Waals surface area contributed by atoms with Gasteiger partial charge in [-0.1, -0.05) is 20.8 Å². The minimum Gasteiger partial charge on any atom is -0.534 e. The highest BCUT2D eigenvalue weighted by Gasteiger charge is 2.39. The van der Waals surface area contributed by atoms with Crippen molar-refractivity contribution >= 4 is 20.0 Å². The largest absolute Gasteiger partial charge is 0.534 e. The molecule has 2 rings (SSSR count). The van der Waals surface area contributed by atoms with Crippen LogP contribution in [0.2, 0.25) is 18.1 Å². The first-order chi connectivity index (χ1) is 16.9. The molecule has 0 atom stereocenters. The molecule has 0 amide bonds. The second-order valence-electron chi connectivity index (χ2n) is 9.78. The summed E-state index contributed by atoms with van der Waals surface area (Å²) in [6.45, 7) is 10.7. The fourth-order valence-corrected chi connectivity index (χ4v) is 4.28. The Kier molecular flexibility index (Phi) is 9.81. The van der Waals surface area contributed by atoms with Crippen molar-refractivity contribution < 1.29 is 32.9 Å². The summed E-state index contributed by atoms with van der Waals surface area (Å²) < 4.78 is 33.6. The minimum atomic E-state index is -2.23. The van der Waals surface area contributed by atoms with Crippen molar-refractivity contribution in [2.75, 3.05) is 42.1 Å². The van der Waals surface area contributed by atoms with E-state index in [0.29, 0.717) is 46.6 Å². The normalized spacial score (nSPS) is 12.1. The van der Waals surface area contributed by atoms with Crippen molar-refractivity contribution in [1.82, 2.24) is 0 Å².